The standard InChI is InChI=1S/C17H17N3O6/c1-9-13(19-26-18-9)5-16(21)20-6-11(12(7-20)17(22)23)10-2-3-14-15(4-10)25-8-24-14/h2-4,11-12H,5-8H2,1H3,(H,22,23)/t11-,12+/m0/s1. The monoisotopic (exact) mass is 359 g/mol. The van der Waals surface area contributed by atoms with Crippen molar-refractivity contribution in [1.82, 2.24) is 15.2 Å². The second kappa shape index (κ2) is 6.32. The summed E-state index contributed by atoms with van der Waals surface area (Å²) in [6.07, 6.45) is 0.0372. The molecule has 1 saturated heterocycles. The molecule has 1 amide bonds. The molecular formula is C17H17N3O6. The van der Waals surface area contributed by atoms with Crippen molar-refractivity contribution < 1.29 is 28.8 Å². The molecule has 0 bridgehead atoms. The van der Waals surface area contributed by atoms with Gasteiger partial charge in [0.05, 0.1) is 12.3 Å². The second-order valence-electron chi connectivity index (χ2n) is 6.44. The van der Waals surface area contributed by atoms with Crippen molar-refractivity contribution in [2.75, 3.05) is 19.9 Å². The number of carboxylic acid groups (broad SMARTS) is 1. The van der Waals surface area contributed by atoms with E-state index in [1.54, 1.807) is 24.0 Å². The topological polar surface area (TPSA) is 115 Å². The number of hydrogen-bond donors (Lipinski definition) is 1. The molecule has 2 aliphatic rings. The SMILES string of the molecule is Cc1nonc1CC(=O)N1C[C@@H](C(=O)O)[C@H](c2ccc3c(c2)OCO3)C1. The molecule has 9 heteroatoms. The first-order valence-corrected chi connectivity index (χ1v) is 8.21. The number of carboxylic acids is 1. The van der Waals surface area contributed by atoms with Crippen LogP contribution in [0, 0.1) is 12.8 Å². The van der Waals surface area contributed by atoms with Gasteiger partial charge in [-0.2, -0.15) is 0 Å². The van der Waals surface area contributed by atoms with E-state index in [2.05, 4.69) is 14.9 Å². The Balaban J connectivity index is 1.54. The average molecular weight is 359 g/mol. The summed E-state index contributed by atoms with van der Waals surface area (Å²) in [7, 11) is 0. The second-order valence-corrected chi connectivity index (χ2v) is 6.44. The van der Waals surface area contributed by atoms with Crippen LogP contribution in [0.15, 0.2) is 22.8 Å². The van der Waals surface area contributed by atoms with E-state index in [-0.39, 0.29) is 31.6 Å². The molecular weight excluding hydrogens is 342 g/mol. The van der Waals surface area contributed by atoms with Crippen molar-refractivity contribution in [1.29, 1.82) is 0 Å². The number of carbonyl (C=O) groups is 2. The van der Waals surface area contributed by atoms with E-state index < -0.39 is 11.9 Å². The van der Waals surface area contributed by atoms with Gasteiger partial charge in [-0.15, -0.1) is 0 Å². The predicted molar refractivity (Wildman–Crippen MR) is 85.8 cm³/mol. The molecule has 4 rings (SSSR count). The summed E-state index contributed by atoms with van der Waals surface area (Å²) in [6.45, 7) is 2.33. The fourth-order valence-corrected chi connectivity index (χ4v) is 3.40. The minimum atomic E-state index is -0.928. The van der Waals surface area contributed by atoms with Crippen molar-refractivity contribution in [3.63, 3.8) is 0 Å². The average Bonchev–Trinajstić information content (AvgIpc) is 3.33. The number of carbonyl (C=O) groups excluding carboxylic acids is 1. The lowest BCUT2D eigenvalue weighted by molar-refractivity contribution is -0.141. The molecule has 0 saturated carbocycles. The number of likely N-dealkylation sites (tertiary alicyclic amines) is 1. The zero-order chi connectivity index (χ0) is 18.3. The smallest absolute Gasteiger partial charge is 0.308 e. The lowest BCUT2D eigenvalue weighted by Crippen LogP contribution is -2.31. The highest BCUT2D eigenvalue weighted by Crippen LogP contribution is 2.39. The highest BCUT2D eigenvalue weighted by molar-refractivity contribution is 5.81. The summed E-state index contributed by atoms with van der Waals surface area (Å²) in [4.78, 5) is 25.9. The molecule has 26 heavy (non-hydrogen) atoms. The van der Waals surface area contributed by atoms with E-state index in [4.69, 9.17) is 9.47 Å². The first-order valence-electron chi connectivity index (χ1n) is 8.21. The number of aryl methyl sites for hydroxylation is 1. The van der Waals surface area contributed by atoms with Crippen molar-refractivity contribution in [2.24, 2.45) is 5.92 Å². The molecule has 136 valence electrons. The molecule has 0 radical (unpaired) electrons. The largest absolute Gasteiger partial charge is 0.481 e. The summed E-state index contributed by atoms with van der Waals surface area (Å²) >= 11 is 0. The maximum absolute atomic E-state index is 12.6. The van der Waals surface area contributed by atoms with E-state index in [1.165, 1.54) is 0 Å². The van der Waals surface area contributed by atoms with Crippen LogP contribution in [0.3, 0.4) is 0 Å². The highest BCUT2D eigenvalue weighted by Gasteiger charge is 2.41. The van der Waals surface area contributed by atoms with E-state index in [9.17, 15) is 14.7 Å². The molecule has 1 N–H and O–H groups in total. The van der Waals surface area contributed by atoms with Gasteiger partial charge in [-0.1, -0.05) is 16.4 Å². The van der Waals surface area contributed by atoms with Crippen LogP contribution >= 0.6 is 0 Å². The Morgan fingerprint density at radius 3 is 2.77 bits per heavy atom. The molecule has 1 fully saturated rings. The zero-order valence-corrected chi connectivity index (χ0v) is 14.0. The van der Waals surface area contributed by atoms with Gasteiger partial charge >= 0.3 is 5.97 Å². The minimum absolute atomic E-state index is 0.0372. The van der Waals surface area contributed by atoms with Crippen LogP contribution in [0.1, 0.15) is 22.9 Å². The third-order valence-electron chi connectivity index (χ3n) is 4.88. The summed E-state index contributed by atoms with van der Waals surface area (Å²) < 4.78 is 15.3. The van der Waals surface area contributed by atoms with Crippen molar-refractivity contribution in [3.8, 4) is 11.5 Å². The van der Waals surface area contributed by atoms with E-state index in [0.29, 0.717) is 29.4 Å². The van der Waals surface area contributed by atoms with Gasteiger partial charge in [-0.3, -0.25) is 9.59 Å². The number of hydrogen-bond acceptors (Lipinski definition) is 7. The van der Waals surface area contributed by atoms with E-state index in [1.807, 2.05) is 6.07 Å². The molecule has 3 heterocycles. The summed E-state index contributed by atoms with van der Waals surface area (Å²) in [5.74, 6) is -0.889. The predicted octanol–water partition coefficient (Wildman–Crippen LogP) is 0.976. The Hall–Kier alpha value is -3.10. The molecule has 9 nitrogen and oxygen atoms in total. The minimum Gasteiger partial charge on any atom is -0.481 e. The van der Waals surface area contributed by atoms with Crippen molar-refractivity contribution >= 4 is 11.9 Å². The molecule has 0 aliphatic carbocycles. The molecule has 1 aromatic heterocycles. The van der Waals surface area contributed by atoms with Gasteiger partial charge in [0.2, 0.25) is 12.7 Å². The molecule has 2 atom stereocenters. The van der Waals surface area contributed by atoms with Crippen LogP contribution < -0.4 is 9.47 Å². The number of rotatable bonds is 4. The van der Waals surface area contributed by atoms with E-state index >= 15 is 0 Å². The molecule has 1 aromatic carbocycles. The Bertz CT molecular complexity index is 864. The summed E-state index contributed by atoms with van der Waals surface area (Å²) in [5.41, 5.74) is 1.84. The lowest BCUT2D eigenvalue weighted by atomic mass is 9.89. The normalized spacial score (nSPS) is 21.2. The van der Waals surface area contributed by atoms with Gasteiger partial charge in [-0.25, -0.2) is 4.63 Å². The van der Waals surface area contributed by atoms with Crippen LogP contribution in [-0.2, 0) is 16.0 Å². The van der Waals surface area contributed by atoms with Gasteiger partial charge in [0, 0.05) is 19.0 Å². The van der Waals surface area contributed by atoms with Gasteiger partial charge < -0.3 is 19.5 Å². The number of ether oxygens (including phenoxy) is 2. The number of benzene rings is 1. The van der Waals surface area contributed by atoms with Crippen LogP contribution in [0.4, 0.5) is 0 Å². The fourth-order valence-electron chi connectivity index (χ4n) is 3.40. The quantitative estimate of drug-likeness (QED) is 0.859. The lowest BCUT2D eigenvalue weighted by Gasteiger charge is -2.16. The molecule has 0 spiro atoms. The first kappa shape index (κ1) is 16.4. The van der Waals surface area contributed by atoms with Gasteiger partial charge in [0.15, 0.2) is 11.5 Å². The van der Waals surface area contributed by atoms with Crippen LogP contribution in [0.2, 0.25) is 0 Å². The number of amides is 1. The summed E-state index contributed by atoms with van der Waals surface area (Å²) in [5, 5.41) is 17.0. The maximum Gasteiger partial charge on any atom is 0.308 e. The molecule has 2 aliphatic heterocycles. The van der Waals surface area contributed by atoms with Crippen molar-refractivity contribution in [2.45, 2.75) is 19.3 Å². The van der Waals surface area contributed by atoms with Gasteiger partial charge in [-0.05, 0) is 24.6 Å². The number of aliphatic carboxylic acids is 1. The van der Waals surface area contributed by atoms with Gasteiger partial charge in [0.1, 0.15) is 11.4 Å². The molecule has 0 unspecified atom stereocenters. The Kier molecular flexibility index (Phi) is 3.98. The maximum atomic E-state index is 12.6. The Labute approximate surface area is 148 Å². The third kappa shape index (κ3) is 2.85. The van der Waals surface area contributed by atoms with Gasteiger partial charge in [0.25, 0.3) is 0 Å². The van der Waals surface area contributed by atoms with E-state index in [0.717, 1.165) is 5.56 Å². The first-order chi connectivity index (χ1) is 12.5. The van der Waals surface area contributed by atoms with Crippen LogP contribution in [0.5, 0.6) is 11.5 Å². The Morgan fingerprint density at radius 2 is 2.04 bits per heavy atom. The highest BCUT2D eigenvalue weighted by atomic mass is 16.7. The Morgan fingerprint density at radius 1 is 1.23 bits per heavy atom. The number of fused-ring (bicyclic) bond motifs is 1. The van der Waals surface area contributed by atoms with Crippen molar-refractivity contribution in [3.05, 3.63) is 35.2 Å². The molecule has 2 aromatic rings. The fraction of sp³-hybridized carbons (Fsp3) is 0.412. The zero-order valence-electron chi connectivity index (χ0n) is 14.0. The number of nitrogens with zero attached hydrogens (tertiary/aromatic N) is 3. The number of aromatic nitrogens is 2. The van der Waals surface area contributed by atoms with Crippen LogP contribution in [0.25, 0.3) is 0 Å². The third-order valence-corrected chi connectivity index (χ3v) is 4.88. The summed E-state index contributed by atoms with van der Waals surface area (Å²) in [6, 6.07) is 5.39. The van der Waals surface area contributed by atoms with Crippen LogP contribution in [-0.4, -0.2) is 52.1 Å².